The lowest BCUT2D eigenvalue weighted by atomic mass is 10.00. The van der Waals surface area contributed by atoms with E-state index in [1.807, 2.05) is 0 Å². The van der Waals surface area contributed by atoms with Crippen LogP contribution in [0.4, 0.5) is 35.1 Å². The van der Waals surface area contributed by atoms with E-state index in [2.05, 4.69) is 0 Å². The normalized spacial score (nSPS) is 13.5. The van der Waals surface area contributed by atoms with Crippen LogP contribution in [0.5, 0.6) is 0 Å². The van der Waals surface area contributed by atoms with Crippen molar-refractivity contribution in [3.63, 3.8) is 0 Å². The number of hydrogen-bond donors (Lipinski definition) is 0. The van der Waals surface area contributed by atoms with Crippen LogP contribution >= 0.6 is 0 Å². The van der Waals surface area contributed by atoms with Crippen LogP contribution < -0.4 is 0 Å². The second kappa shape index (κ2) is 4.46. The highest BCUT2D eigenvalue weighted by atomic mass is 19.4. The molecule has 9 heteroatoms. The molecule has 19 heavy (non-hydrogen) atoms. The third-order valence-corrected chi connectivity index (χ3v) is 2.12. The van der Waals surface area contributed by atoms with Gasteiger partial charge in [0.1, 0.15) is 5.82 Å². The largest absolute Gasteiger partial charge is 0.460 e. The maximum absolute atomic E-state index is 13.0. The van der Waals surface area contributed by atoms with Crippen LogP contribution in [0, 0.1) is 5.82 Å². The van der Waals surface area contributed by atoms with Crippen molar-refractivity contribution in [1.82, 2.24) is 0 Å². The Bertz CT molecular complexity index is 491. The summed E-state index contributed by atoms with van der Waals surface area (Å²) in [4.78, 5) is 11.0. The Kier molecular flexibility index (Phi) is 3.61. The minimum atomic E-state index is -6.61. The van der Waals surface area contributed by atoms with E-state index in [0.717, 1.165) is 6.07 Å². The summed E-state index contributed by atoms with van der Waals surface area (Å²) in [6.07, 6.45) is -6.61. The Hall–Kier alpha value is -1.67. The van der Waals surface area contributed by atoms with Crippen molar-refractivity contribution < 1.29 is 39.9 Å². The van der Waals surface area contributed by atoms with E-state index in [4.69, 9.17) is 0 Å². The average Bonchev–Trinajstić information content (AvgIpc) is 2.26. The maximum Gasteiger partial charge on any atom is 0.460 e. The lowest BCUT2D eigenvalue weighted by molar-refractivity contribution is -0.339. The smallest absolute Gasteiger partial charge is 0.287 e. The van der Waals surface area contributed by atoms with Gasteiger partial charge in [0.15, 0.2) is 0 Å². The van der Waals surface area contributed by atoms with Crippen molar-refractivity contribution in [3.05, 3.63) is 35.6 Å². The molecule has 0 aromatic heterocycles. The lowest BCUT2D eigenvalue weighted by Gasteiger charge is -2.26. The Morgan fingerprint density at radius 2 is 1.47 bits per heavy atom. The fraction of sp³-hybridized carbons (Fsp3) is 0.300. The van der Waals surface area contributed by atoms with Gasteiger partial charge in [-0.25, -0.2) is 4.39 Å². The summed E-state index contributed by atoms with van der Waals surface area (Å²) < 4.78 is 99.2. The monoisotopic (exact) mass is 292 g/mol. The summed E-state index contributed by atoms with van der Waals surface area (Å²) in [5, 5.41) is 0. The minimum Gasteiger partial charge on any atom is -0.287 e. The molecule has 0 amide bonds. The number of carbonyl (C=O) groups is 1. The SMILES string of the molecule is O=C(c1cccc(F)c1)C(F)(F)C(F)(F)C(F)(F)F. The van der Waals surface area contributed by atoms with Crippen LogP contribution in [0.1, 0.15) is 10.4 Å². The Labute approximate surface area is 100 Å². The van der Waals surface area contributed by atoms with E-state index in [1.54, 1.807) is 0 Å². The van der Waals surface area contributed by atoms with Crippen LogP contribution in [0.2, 0.25) is 0 Å². The minimum absolute atomic E-state index is 0.142. The lowest BCUT2D eigenvalue weighted by Crippen LogP contribution is -2.56. The van der Waals surface area contributed by atoms with E-state index in [-0.39, 0.29) is 6.07 Å². The van der Waals surface area contributed by atoms with Crippen LogP contribution in [0.25, 0.3) is 0 Å². The molecule has 0 fully saturated rings. The van der Waals surface area contributed by atoms with Gasteiger partial charge < -0.3 is 0 Å². The first-order valence-corrected chi connectivity index (χ1v) is 4.54. The van der Waals surface area contributed by atoms with Crippen LogP contribution in [-0.2, 0) is 0 Å². The Morgan fingerprint density at radius 3 is 1.89 bits per heavy atom. The molecule has 0 aliphatic carbocycles. The second-order valence-electron chi connectivity index (χ2n) is 3.49. The van der Waals surface area contributed by atoms with Gasteiger partial charge in [-0.2, -0.15) is 30.7 Å². The third-order valence-electron chi connectivity index (χ3n) is 2.12. The van der Waals surface area contributed by atoms with Gasteiger partial charge in [0.25, 0.3) is 0 Å². The van der Waals surface area contributed by atoms with Crippen LogP contribution in [-0.4, -0.2) is 23.8 Å². The van der Waals surface area contributed by atoms with Gasteiger partial charge in [-0.05, 0) is 12.1 Å². The van der Waals surface area contributed by atoms with Crippen molar-refractivity contribution in [3.8, 4) is 0 Å². The molecule has 0 radical (unpaired) electrons. The first kappa shape index (κ1) is 15.4. The number of alkyl halides is 7. The van der Waals surface area contributed by atoms with E-state index < -0.39 is 35.2 Å². The zero-order valence-corrected chi connectivity index (χ0v) is 8.74. The zero-order chi connectivity index (χ0) is 15.1. The molecule has 0 spiro atoms. The van der Waals surface area contributed by atoms with E-state index in [9.17, 15) is 39.9 Å². The summed E-state index contributed by atoms with van der Waals surface area (Å²) >= 11 is 0. The molecule has 0 aliphatic heterocycles. The molecule has 0 N–H and O–H groups in total. The van der Waals surface area contributed by atoms with Gasteiger partial charge in [0.05, 0.1) is 0 Å². The van der Waals surface area contributed by atoms with Crippen molar-refractivity contribution in [2.45, 2.75) is 18.0 Å². The van der Waals surface area contributed by atoms with Gasteiger partial charge in [-0.15, -0.1) is 0 Å². The molecule has 0 heterocycles. The summed E-state index contributed by atoms with van der Waals surface area (Å²) in [5.74, 6) is -16.6. The highest BCUT2D eigenvalue weighted by molar-refractivity contribution is 6.02. The van der Waals surface area contributed by atoms with Crippen LogP contribution in [0.15, 0.2) is 24.3 Å². The second-order valence-corrected chi connectivity index (χ2v) is 3.49. The average molecular weight is 292 g/mol. The predicted octanol–water partition coefficient (Wildman–Crippen LogP) is 3.84. The molecule has 1 aromatic carbocycles. The van der Waals surface area contributed by atoms with Gasteiger partial charge in [0.2, 0.25) is 5.78 Å². The summed E-state index contributed by atoms with van der Waals surface area (Å²) in [5.41, 5.74) is -1.28. The van der Waals surface area contributed by atoms with E-state index in [1.165, 1.54) is 0 Å². The fourth-order valence-corrected chi connectivity index (χ4v) is 1.13. The first-order valence-electron chi connectivity index (χ1n) is 4.54. The van der Waals surface area contributed by atoms with Gasteiger partial charge in [0, 0.05) is 5.56 Å². The molecular formula is C10H4F8O. The molecule has 0 saturated heterocycles. The number of rotatable bonds is 3. The number of carbonyl (C=O) groups excluding carboxylic acids is 1. The number of benzene rings is 1. The quantitative estimate of drug-likeness (QED) is 0.611. The topological polar surface area (TPSA) is 17.1 Å². The van der Waals surface area contributed by atoms with Crippen LogP contribution in [0.3, 0.4) is 0 Å². The molecule has 1 rings (SSSR count). The highest BCUT2D eigenvalue weighted by Gasteiger charge is 2.76. The van der Waals surface area contributed by atoms with Gasteiger partial charge in [-0.3, -0.25) is 4.79 Å². The predicted molar refractivity (Wildman–Crippen MR) is 46.7 cm³/mol. The van der Waals surface area contributed by atoms with E-state index in [0.29, 0.717) is 12.1 Å². The molecule has 0 saturated carbocycles. The van der Waals surface area contributed by atoms with Crippen molar-refractivity contribution in [1.29, 1.82) is 0 Å². The third kappa shape index (κ3) is 2.54. The van der Waals surface area contributed by atoms with Crippen molar-refractivity contribution in [2.75, 3.05) is 0 Å². The standard InChI is InChI=1S/C10H4F8O/c11-6-3-1-2-5(4-6)7(19)8(12,13)9(14,15)10(16,17)18/h1-4H. The first-order chi connectivity index (χ1) is 8.41. The molecule has 0 atom stereocenters. The summed E-state index contributed by atoms with van der Waals surface area (Å²) in [6.45, 7) is 0. The molecule has 0 unspecified atom stereocenters. The van der Waals surface area contributed by atoms with Crippen molar-refractivity contribution in [2.24, 2.45) is 0 Å². The number of Topliss-reactive ketones (excluding diaryl/α,β-unsaturated/α-hetero) is 1. The van der Waals surface area contributed by atoms with Gasteiger partial charge in [-0.1, -0.05) is 12.1 Å². The van der Waals surface area contributed by atoms with Crippen molar-refractivity contribution >= 4 is 5.78 Å². The fourth-order valence-electron chi connectivity index (χ4n) is 1.13. The number of ketones is 1. The Morgan fingerprint density at radius 1 is 0.947 bits per heavy atom. The molecule has 0 aliphatic rings. The Balaban J connectivity index is 3.24. The molecule has 1 nitrogen and oxygen atoms in total. The van der Waals surface area contributed by atoms with Gasteiger partial charge >= 0.3 is 18.0 Å². The number of hydrogen-bond acceptors (Lipinski definition) is 1. The zero-order valence-electron chi connectivity index (χ0n) is 8.74. The molecule has 1 aromatic rings. The molecule has 0 bridgehead atoms. The maximum atomic E-state index is 13.0. The van der Waals surface area contributed by atoms with E-state index >= 15 is 0 Å². The summed E-state index contributed by atoms with van der Waals surface area (Å²) in [6, 6.07) is 2.08. The highest BCUT2D eigenvalue weighted by Crippen LogP contribution is 2.47. The summed E-state index contributed by atoms with van der Waals surface area (Å²) in [7, 11) is 0. The number of halogens is 8. The molecule has 106 valence electrons. The molecular weight excluding hydrogens is 288 g/mol.